The molecular weight excluding hydrogens is 361 g/mol. The van der Waals surface area contributed by atoms with Crippen molar-refractivity contribution in [3.05, 3.63) is 36.2 Å². The monoisotopic (exact) mass is 378 g/mol. The summed E-state index contributed by atoms with van der Waals surface area (Å²) in [6.45, 7) is 3.16. The summed E-state index contributed by atoms with van der Waals surface area (Å²) in [5.74, 6) is 1.61. The molecule has 0 radical (unpaired) electrons. The van der Waals surface area contributed by atoms with E-state index in [1.165, 1.54) is 0 Å². The second-order valence-electron chi connectivity index (χ2n) is 6.32. The van der Waals surface area contributed by atoms with Gasteiger partial charge in [0.25, 0.3) is 0 Å². The van der Waals surface area contributed by atoms with Crippen LogP contribution >= 0.6 is 0 Å². The maximum absolute atomic E-state index is 12.9. The average molecular weight is 378 g/mol. The second kappa shape index (κ2) is 6.32. The summed E-state index contributed by atoms with van der Waals surface area (Å²) >= 11 is 0. The Balaban J connectivity index is 1.51. The van der Waals surface area contributed by atoms with Gasteiger partial charge in [-0.1, -0.05) is 6.92 Å². The van der Waals surface area contributed by atoms with Crippen molar-refractivity contribution in [1.82, 2.24) is 29.5 Å². The number of alkyl halides is 3. The van der Waals surface area contributed by atoms with E-state index in [-0.39, 0.29) is 12.0 Å². The van der Waals surface area contributed by atoms with E-state index in [9.17, 15) is 13.2 Å². The highest BCUT2D eigenvalue weighted by Crippen LogP contribution is 2.30. The molecule has 8 nitrogen and oxygen atoms in total. The molecule has 0 spiro atoms. The maximum atomic E-state index is 12.9. The van der Waals surface area contributed by atoms with Crippen LogP contribution in [0.1, 0.15) is 18.4 Å². The van der Waals surface area contributed by atoms with Crippen molar-refractivity contribution in [2.24, 2.45) is 0 Å². The maximum Gasteiger partial charge on any atom is 0.433 e. The lowest BCUT2D eigenvalue weighted by Gasteiger charge is -2.44. The van der Waals surface area contributed by atoms with E-state index >= 15 is 0 Å². The number of likely N-dealkylation sites (N-methyl/N-ethyl adjacent to an activating group) is 1. The molecule has 0 N–H and O–H groups in total. The molecule has 1 aliphatic rings. The van der Waals surface area contributed by atoms with Crippen LogP contribution < -0.4 is 9.80 Å². The van der Waals surface area contributed by atoms with Gasteiger partial charge in [-0.25, -0.2) is 15.0 Å². The van der Waals surface area contributed by atoms with Gasteiger partial charge in [0.2, 0.25) is 11.6 Å². The Morgan fingerprint density at radius 1 is 1.19 bits per heavy atom. The van der Waals surface area contributed by atoms with Crippen LogP contribution in [0, 0.1) is 0 Å². The standard InChI is InChI=1S/C16H17F3N8/c1-3-12-23-24-14-13(20-6-7-27(12)14)26-8-10(9-26)25(2)15-21-5-4-11(22-15)16(17,18)19/h4-7,10H,3,8-9H2,1-2H3. The highest BCUT2D eigenvalue weighted by molar-refractivity contribution is 5.65. The van der Waals surface area contributed by atoms with E-state index in [0.29, 0.717) is 24.6 Å². The Morgan fingerprint density at radius 3 is 2.67 bits per heavy atom. The zero-order chi connectivity index (χ0) is 19.2. The van der Waals surface area contributed by atoms with Crippen LogP contribution in [0.25, 0.3) is 5.65 Å². The second-order valence-corrected chi connectivity index (χ2v) is 6.32. The molecule has 1 fully saturated rings. The van der Waals surface area contributed by atoms with Gasteiger partial charge in [0, 0.05) is 45.1 Å². The van der Waals surface area contributed by atoms with Crippen LogP contribution in [0.4, 0.5) is 24.9 Å². The zero-order valence-corrected chi connectivity index (χ0v) is 14.7. The molecule has 0 atom stereocenters. The Bertz CT molecular complexity index is 964. The third-order valence-corrected chi connectivity index (χ3v) is 4.65. The molecule has 0 aliphatic carbocycles. The first kappa shape index (κ1) is 17.4. The van der Waals surface area contributed by atoms with E-state index in [1.807, 2.05) is 22.4 Å². The van der Waals surface area contributed by atoms with Crippen LogP contribution in [0.3, 0.4) is 0 Å². The summed E-state index contributed by atoms with van der Waals surface area (Å²) in [5, 5.41) is 8.36. The van der Waals surface area contributed by atoms with Gasteiger partial charge >= 0.3 is 6.18 Å². The summed E-state index contributed by atoms with van der Waals surface area (Å²) in [6.07, 6.45) is 0.898. The molecule has 0 aromatic carbocycles. The molecule has 0 unspecified atom stereocenters. The normalized spacial score (nSPS) is 15.2. The summed E-state index contributed by atoms with van der Waals surface area (Å²) in [5.41, 5.74) is -0.275. The van der Waals surface area contributed by atoms with Crippen LogP contribution in [0.15, 0.2) is 24.7 Å². The minimum atomic E-state index is -4.49. The van der Waals surface area contributed by atoms with Crippen molar-refractivity contribution in [2.75, 3.05) is 29.9 Å². The van der Waals surface area contributed by atoms with E-state index in [2.05, 4.69) is 25.1 Å². The number of anilines is 2. The Morgan fingerprint density at radius 2 is 1.96 bits per heavy atom. The van der Waals surface area contributed by atoms with Gasteiger partial charge in [-0.2, -0.15) is 13.2 Å². The van der Waals surface area contributed by atoms with Crippen molar-refractivity contribution in [2.45, 2.75) is 25.6 Å². The largest absolute Gasteiger partial charge is 0.433 e. The van der Waals surface area contributed by atoms with Crippen LogP contribution in [0.2, 0.25) is 0 Å². The van der Waals surface area contributed by atoms with Crippen LogP contribution in [-0.4, -0.2) is 55.7 Å². The average Bonchev–Trinajstić information content (AvgIpc) is 3.03. The number of rotatable bonds is 4. The van der Waals surface area contributed by atoms with Gasteiger partial charge in [-0.05, 0) is 6.07 Å². The smallest absolute Gasteiger partial charge is 0.349 e. The van der Waals surface area contributed by atoms with Gasteiger partial charge < -0.3 is 9.80 Å². The van der Waals surface area contributed by atoms with Crippen molar-refractivity contribution >= 4 is 17.4 Å². The van der Waals surface area contributed by atoms with Crippen molar-refractivity contribution in [3.63, 3.8) is 0 Å². The molecule has 0 amide bonds. The molecular formula is C16H17F3N8. The Labute approximate surface area is 152 Å². The lowest BCUT2D eigenvalue weighted by atomic mass is 10.1. The highest BCUT2D eigenvalue weighted by Gasteiger charge is 2.36. The fraction of sp³-hybridized carbons (Fsp3) is 0.438. The lowest BCUT2D eigenvalue weighted by molar-refractivity contribution is -0.141. The van der Waals surface area contributed by atoms with Gasteiger partial charge in [-0.3, -0.25) is 4.40 Å². The van der Waals surface area contributed by atoms with E-state index < -0.39 is 11.9 Å². The topological polar surface area (TPSA) is 75.3 Å². The summed E-state index contributed by atoms with van der Waals surface area (Å²) in [7, 11) is 1.69. The number of hydrogen-bond donors (Lipinski definition) is 0. The summed E-state index contributed by atoms with van der Waals surface area (Å²) in [4.78, 5) is 15.7. The zero-order valence-electron chi connectivity index (χ0n) is 14.7. The Hall–Kier alpha value is -2.98. The van der Waals surface area contributed by atoms with Crippen molar-refractivity contribution < 1.29 is 13.2 Å². The fourth-order valence-corrected chi connectivity index (χ4v) is 3.04. The summed E-state index contributed by atoms with van der Waals surface area (Å²) in [6, 6.07) is 0.843. The van der Waals surface area contributed by atoms with Crippen LogP contribution in [0.5, 0.6) is 0 Å². The van der Waals surface area contributed by atoms with Crippen molar-refractivity contribution in [1.29, 1.82) is 0 Å². The number of nitrogens with zero attached hydrogens (tertiary/aromatic N) is 8. The fourth-order valence-electron chi connectivity index (χ4n) is 3.04. The minimum Gasteiger partial charge on any atom is -0.349 e. The third kappa shape index (κ3) is 3.02. The molecule has 4 rings (SSSR count). The van der Waals surface area contributed by atoms with Gasteiger partial charge in [0.15, 0.2) is 5.82 Å². The molecule has 4 heterocycles. The molecule has 1 aliphatic heterocycles. The lowest BCUT2D eigenvalue weighted by Crippen LogP contribution is -2.59. The van der Waals surface area contributed by atoms with E-state index in [1.54, 1.807) is 18.1 Å². The molecule has 27 heavy (non-hydrogen) atoms. The van der Waals surface area contributed by atoms with Gasteiger partial charge in [0.1, 0.15) is 11.5 Å². The number of hydrogen-bond acceptors (Lipinski definition) is 7. The van der Waals surface area contributed by atoms with Crippen molar-refractivity contribution in [3.8, 4) is 0 Å². The Kier molecular flexibility index (Phi) is 4.08. The first-order chi connectivity index (χ1) is 12.9. The van der Waals surface area contributed by atoms with E-state index in [0.717, 1.165) is 24.5 Å². The SMILES string of the molecule is CCc1nnc2c(N3CC(N(C)c4nccc(C(F)(F)F)n4)C3)nccn12. The quantitative estimate of drug-likeness (QED) is 0.685. The molecule has 0 bridgehead atoms. The molecule has 142 valence electrons. The number of aryl methyl sites for hydroxylation is 1. The highest BCUT2D eigenvalue weighted by atomic mass is 19.4. The van der Waals surface area contributed by atoms with Crippen LogP contribution in [-0.2, 0) is 12.6 Å². The number of halogens is 3. The third-order valence-electron chi connectivity index (χ3n) is 4.65. The first-order valence-electron chi connectivity index (χ1n) is 8.45. The molecule has 3 aromatic rings. The molecule has 3 aromatic heterocycles. The number of fused-ring (bicyclic) bond motifs is 1. The van der Waals surface area contributed by atoms with Gasteiger partial charge in [-0.15, -0.1) is 10.2 Å². The predicted octanol–water partition coefficient (Wildman–Crippen LogP) is 1.82. The molecule has 1 saturated heterocycles. The number of aromatic nitrogens is 6. The predicted molar refractivity (Wildman–Crippen MR) is 91.6 cm³/mol. The van der Waals surface area contributed by atoms with E-state index in [4.69, 9.17) is 0 Å². The minimum absolute atomic E-state index is 0.0240. The molecule has 11 heteroatoms. The molecule has 0 saturated carbocycles. The van der Waals surface area contributed by atoms with Gasteiger partial charge in [0.05, 0.1) is 6.04 Å². The summed E-state index contributed by atoms with van der Waals surface area (Å²) < 4.78 is 40.5. The first-order valence-corrected chi connectivity index (χ1v) is 8.45.